The summed E-state index contributed by atoms with van der Waals surface area (Å²) in [7, 11) is 1.99. The van der Waals surface area contributed by atoms with Gasteiger partial charge in [0.15, 0.2) is 29.8 Å². The molecule has 44 heavy (non-hydrogen) atoms. The zero-order chi connectivity index (χ0) is 32.2. The zero-order valence-corrected chi connectivity index (χ0v) is 23.6. The van der Waals surface area contributed by atoms with Crippen LogP contribution >= 0.6 is 0 Å². The molecule has 1 saturated heterocycles. The highest BCUT2D eigenvalue weighted by Crippen LogP contribution is 2.65. The fourth-order valence-electron chi connectivity index (χ4n) is 6.69. The molecule has 6 atom stereocenters. The van der Waals surface area contributed by atoms with Crippen LogP contribution in [0.1, 0.15) is 42.6 Å². The number of likely N-dealkylation sites (N-methyl/N-ethyl adjacent to an activating group) is 1. The molecule has 2 heterocycles. The highest BCUT2D eigenvalue weighted by atomic mass is 19.4. The van der Waals surface area contributed by atoms with Crippen molar-refractivity contribution in [1.29, 1.82) is 0 Å². The third-order valence-corrected chi connectivity index (χ3v) is 8.78. The number of phenols is 1. The van der Waals surface area contributed by atoms with Crippen molar-refractivity contribution in [1.82, 2.24) is 4.90 Å². The van der Waals surface area contributed by atoms with E-state index in [1.54, 1.807) is 42.5 Å². The number of aliphatic hydroxyl groups is 2. The summed E-state index contributed by atoms with van der Waals surface area (Å²) >= 11 is 0. The second-order valence-corrected chi connectivity index (χ2v) is 11.2. The van der Waals surface area contributed by atoms with Crippen LogP contribution in [0.15, 0.2) is 54.3 Å². The summed E-state index contributed by atoms with van der Waals surface area (Å²) in [6.45, 7) is 2.07. The van der Waals surface area contributed by atoms with Gasteiger partial charge in [-0.2, -0.15) is 13.2 Å². The predicted octanol–water partition coefficient (Wildman–Crippen LogP) is 2.51. The number of carbonyl (C=O) groups excluding carboxylic acids is 2. The third-order valence-electron chi connectivity index (χ3n) is 8.78. The molecule has 2 aliphatic heterocycles. The molecule has 0 saturated carbocycles. The lowest BCUT2D eigenvalue weighted by Gasteiger charge is -2.61. The number of hydrogen-bond acceptors (Lipinski definition) is 10. The number of carboxylic acid groups (broad SMARTS) is 1. The van der Waals surface area contributed by atoms with Crippen molar-refractivity contribution >= 4 is 17.9 Å². The summed E-state index contributed by atoms with van der Waals surface area (Å²) in [5.41, 5.74) is 0.0745. The van der Waals surface area contributed by atoms with Gasteiger partial charge in [-0.25, -0.2) is 14.4 Å². The van der Waals surface area contributed by atoms with Crippen molar-refractivity contribution in [2.45, 2.75) is 67.7 Å². The molecular weight excluding hydrogens is 591 g/mol. The molecule has 4 aliphatic rings. The normalized spacial score (nSPS) is 27.8. The van der Waals surface area contributed by atoms with E-state index in [4.69, 9.17) is 24.1 Å². The number of rotatable bonds is 5. The van der Waals surface area contributed by atoms with Crippen molar-refractivity contribution in [2.75, 3.05) is 13.6 Å². The van der Waals surface area contributed by atoms with Gasteiger partial charge in [-0.15, -0.1) is 0 Å². The SMILES string of the molecule is CC(OC(=O)C(O)c1ccccc1)C(=O)OC1=CC[C@@]2(O)[C@H]3Cc4ccc(O)c5c4[C@@]2(CCN3C)[C@H]1O5.O=C(O)C(F)(F)F. The molecule has 0 radical (unpaired) electrons. The van der Waals surface area contributed by atoms with Crippen LogP contribution in [0.2, 0.25) is 0 Å². The summed E-state index contributed by atoms with van der Waals surface area (Å²) in [6.07, 6.45) is -5.68. The number of aromatic hydroxyl groups is 1. The Balaban J connectivity index is 0.000000493. The number of hydrogen-bond donors (Lipinski definition) is 4. The van der Waals surface area contributed by atoms with Gasteiger partial charge in [-0.3, -0.25) is 0 Å². The Hall–Kier alpha value is -4.14. The molecule has 11 nitrogen and oxygen atoms in total. The molecule has 0 amide bonds. The summed E-state index contributed by atoms with van der Waals surface area (Å²) in [5, 5.41) is 40.2. The first-order valence-electron chi connectivity index (χ1n) is 13.7. The van der Waals surface area contributed by atoms with Crippen LogP contribution in [-0.4, -0.2) is 86.9 Å². The molecule has 2 aromatic carbocycles. The van der Waals surface area contributed by atoms with E-state index in [0.29, 0.717) is 30.7 Å². The van der Waals surface area contributed by atoms with E-state index in [2.05, 4.69) is 4.90 Å². The molecule has 14 heteroatoms. The van der Waals surface area contributed by atoms with Gasteiger partial charge in [0.25, 0.3) is 0 Å². The first-order valence-corrected chi connectivity index (χ1v) is 13.7. The lowest BCUT2D eigenvalue weighted by atomic mass is 9.50. The standard InChI is InChI=1S/C28H29NO8.C2HF3O2/c1-15(35-26(33)22(31)16-6-4-3-5-7-16)25(32)36-19-10-11-28(34)20-14-17-8-9-18(30)23-21(17)27(28,24(19)37-23)12-13-29(20)2;3-2(4,5)1(6)7/h3-10,15,20,22,24,30-31,34H,11-14H2,1-2H3;(H,6,7)/t15?,20-,22?,24+,27+,28-;/m1./s1. The summed E-state index contributed by atoms with van der Waals surface area (Å²) in [5.74, 6) is -4.04. The van der Waals surface area contributed by atoms with Gasteiger partial charge in [0.05, 0.1) is 11.0 Å². The Labute approximate surface area is 249 Å². The second kappa shape index (κ2) is 11.1. The predicted molar refractivity (Wildman–Crippen MR) is 143 cm³/mol. The number of likely N-dealkylation sites (tertiary alicyclic amines) is 1. The molecule has 1 fully saturated rings. The molecule has 2 unspecified atom stereocenters. The number of carboxylic acids is 1. The zero-order valence-electron chi connectivity index (χ0n) is 23.6. The van der Waals surface area contributed by atoms with Crippen LogP contribution in [0.4, 0.5) is 13.2 Å². The second-order valence-electron chi connectivity index (χ2n) is 11.2. The van der Waals surface area contributed by atoms with Gasteiger partial charge in [-0.05, 0) is 56.6 Å². The molecule has 2 aromatic rings. The van der Waals surface area contributed by atoms with E-state index < -0.39 is 53.4 Å². The third kappa shape index (κ3) is 4.96. The highest BCUT2D eigenvalue weighted by molar-refractivity contribution is 5.82. The van der Waals surface area contributed by atoms with Crippen LogP contribution in [0.3, 0.4) is 0 Å². The van der Waals surface area contributed by atoms with Gasteiger partial charge in [0.1, 0.15) is 5.76 Å². The monoisotopic (exact) mass is 621 g/mol. The van der Waals surface area contributed by atoms with E-state index in [9.17, 15) is 38.1 Å². The average molecular weight is 622 g/mol. The molecular formula is C30H30F3NO10. The lowest BCUT2D eigenvalue weighted by molar-refractivity contribution is -0.192. The number of aliphatic carboxylic acids is 1. The number of ether oxygens (including phenoxy) is 3. The molecule has 6 rings (SSSR count). The van der Waals surface area contributed by atoms with Crippen molar-refractivity contribution in [2.24, 2.45) is 0 Å². The van der Waals surface area contributed by atoms with Gasteiger partial charge < -0.3 is 39.5 Å². The van der Waals surface area contributed by atoms with Gasteiger partial charge in [0.2, 0.25) is 0 Å². The van der Waals surface area contributed by atoms with Gasteiger partial charge >= 0.3 is 24.1 Å². The first-order chi connectivity index (χ1) is 20.6. The lowest BCUT2D eigenvalue weighted by Crippen LogP contribution is -2.74. The Morgan fingerprint density at radius 1 is 1.11 bits per heavy atom. The average Bonchev–Trinajstić information content (AvgIpc) is 3.34. The Kier molecular flexibility index (Phi) is 7.89. The van der Waals surface area contributed by atoms with E-state index in [1.165, 1.54) is 6.92 Å². The minimum atomic E-state index is -5.08. The summed E-state index contributed by atoms with van der Waals surface area (Å²) in [4.78, 5) is 36.5. The molecule has 2 aliphatic carbocycles. The number of phenolic OH excluding ortho intramolecular Hbond substituents is 1. The van der Waals surface area contributed by atoms with Crippen LogP contribution < -0.4 is 4.74 Å². The highest BCUT2D eigenvalue weighted by Gasteiger charge is 2.72. The minimum Gasteiger partial charge on any atom is -0.504 e. The Bertz CT molecular complexity index is 1510. The minimum absolute atomic E-state index is 0.0230. The van der Waals surface area contributed by atoms with Crippen molar-refractivity contribution < 1.29 is 62.2 Å². The van der Waals surface area contributed by atoms with Crippen LogP contribution in [0.5, 0.6) is 11.5 Å². The topological polar surface area (TPSA) is 163 Å². The smallest absolute Gasteiger partial charge is 0.490 e. The van der Waals surface area contributed by atoms with Gasteiger partial charge in [0, 0.05) is 18.0 Å². The van der Waals surface area contributed by atoms with Crippen LogP contribution in [0, 0.1) is 0 Å². The maximum Gasteiger partial charge on any atom is 0.490 e. The molecule has 0 aromatic heterocycles. The quantitative estimate of drug-likeness (QED) is 0.363. The van der Waals surface area contributed by atoms with E-state index >= 15 is 0 Å². The number of carbonyl (C=O) groups is 3. The largest absolute Gasteiger partial charge is 0.504 e. The van der Waals surface area contributed by atoms with E-state index in [-0.39, 0.29) is 24.0 Å². The Morgan fingerprint density at radius 2 is 1.77 bits per heavy atom. The number of alkyl halides is 3. The number of nitrogens with zero attached hydrogens (tertiary/aromatic N) is 1. The molecule has 4 N–H and O–H groups in total. The van der Waals surface area contributed by atoms with Crippen molar-refractivity contribution in [3.05, 3.63) is 71.0 Å². The van der Waals surface area contributed by atoms with Crippen molar-refractivity contribution in [3.63, 3.8) is 0 Å². The van der Waals surface area contributed by atoms with Crippen molar-refractivity contribution in [3.8, 4) is 11.5 Å². The number of aliphatic hydroxyl groups excluding tert-OH is 1. The first kappa shape index (κ1) is 31.3. The molecule has 236 valence electrons. The fraction of sp³-hybridized carbons (Fsp3) is 0.433. The summed E-state index contributed by atoms with van der Waals surface area (Å²) in [6, 6.07) is 11.6. The van der Waals surface area contributed by atoms with Crippen LogP contribution in [-0.2, 0) is 35.7 Å². The summed E-state index contributed by atoms with van der Waals surface area (Å²) < 4.78 is 48.9. The number of piperidine rings is 1. The fourth-order valence-corrected chi connectivity index (χ4v) is 6.69. The maximum absolute atomic E-state index is 13.0. The number of esters is 2. The van der Waals surface area contributed by atoms with E-state index in [1.807, 2.05) is 13.1 Å². The molecule has 2 bridgehead atoms. The van der Waals surface area contributed by atoms with Gasteiger partial charge in [-0.1, -0.05) is 36.4 Å². The van der Waals surface area contributed by atoms with Crippen LogP contribution in [0.25, 0.3) is 0 Å². The maximum atomic E-state index is 13.0. The Morgan fingerprint density at radius 3 is 2.41 bits per heavy atom. The molecule has 1 spiro atoms. The number of halogens is 3. The van der Waals surface area contributed by atoms with E-state index in [0.717, 1.165) is 11.1 Å². The number of benzene rings is 2.